The number of hydrogen-bond donors (Lipinski definition) is 0. The molecule has 5 aliphatic rings. The molecule has 0 unspecified atom stereocenters. The summed E-state index contributed by atoms with van der Waals surface area (Å²) in [7, 11) is 0. The lowest BCUT2D eigenvalue weighted by Gasteiger charge is -2.57. The largest absolute Gasteiger partial charge is 0.462 e. The average molecular weight is 769 g/mol. The molecule has 0 radical (unpaired) electrons. The van der Waals surface area contributed by atoms with Crippen molar-refractivity contribution in [3.05, 3.63) is 0 Å². The number of rotatable bonds is 7. The predicted molar refractivity (Wildman–Crippen MR) is 164 cm³/mol. The molecule has 5 fully saturated rings. The number of ether oxygens (including phenoxy) is 7. The molecule has 0 amide bonds. The maximum atomic E-state index is 13.3. The minimum atomic E-state index is -1.60. The van der Waals surface area contributed by atoms with Crippen LogP contribution >= 0.6 is 34.2 Å². The zero-order valence-electron chi connectivity index (χ0n) is 26.6. The third-order valence-corrected chi connectivity index (χ3v) is 12.4. The van der Waals surface area contributed by atoms with E-state index in [1.807, 2.05) is 20.8 Å². The Kier molecular flexibility index (Phi) is 9.29. The molecule has 12 atom stereocenters. The Labute approximate surface area is 281 Å². The highest BCUT2D eigenvalue weighted by Gasteiger charge is 2.82. The molecule has 0 aromatic carbocycles. The number of halogens is 2. The molecule has 1 aliphatic carbocycles. The summed E-state index contributed by atoms with van der Waals surface area (Å²) in [6.45, 7) is 11.1. The minimum Gasteiger partial charge on any atom is -0.462 e. The lowest BCUT2D eigenvalue weighted by Crippen LogP contribution is -2.71. The summed E-state index contributed by atoms with van der Waals surface area (Å²) >= 11 is 9.34. The third kappa shape index (κ3) is 5.44. The first-order valence-electron chi connectivity index (χ1n) is 15.4. The maximum Gasteiger partial charge on any atom is 0.312 e. The summed E-state index contributed by atoms with van der Waals surface area (Å²) in [6.07, 6.45) is -4.45. The molecule has 0 N–H and O–H groups in total. The summed E-state index contributed by atoms with van der Waals surface area (Å²) < 4.78 is 44.0. The van der Waals surface area contributed by atoms with E-state index in [0.717, 1.165) is 0 Å². The van der Waals surface area contributed by atoms with Crippen LogP contribution in [0, 0.1) is 23.2 Å². The fraction of sp³-hybridized carbons (Fsp3) is 0.839. The molecular weight excluding hydrogens is 727 g/mol. The lowest BCUT2D eigenvalue weighted by molar-refractivity contribution is -0.259. The molecule has 12 nitrogen and oxygen atoms in total. The Morgan fingerprint density at radius 1 is 1.00 bits per heavy atom. The van der Waals surface area contributed by atoms with Crippen molar-refractivity contribution in [2.24, 2.45) is 23.2 Å². The summed E-state index contributed by atoms with van der Waals surface area (Å²) in [6, 6.07) is 0. The molecule has 4 aliphatic heterocycles. The molecule has 2 spiro atoms. The van der Waals surface area contributed by atoms with Crippen LogP contribution < -0.4 is 0 Å². The zero-order chi connectivity index (χ0) is 33.3. The first-order valence-corrected chi connectivity index (χ1v) is 17.4. The molecule has 45 heavy (non-hydrogen) atoms. The van der Waals surface area contributed by atoms with Gasteiger partial charge in [-0.3, -0.25) is 24.0 Å². The van der Waals surface area contributed by atoms with Crippen LogP contribution in [0.25, 0.3) is 0 Å². The van der Waals surface area contributed by atoms with Crippen LogP contribution in [0.4, 0.5) is 0 Å². The molecule has 4 heterocycles. The van der Waals surface area contributed by atoms with Crippen molar-refractivity contribution in [3.8, 4) is 0 Å². The van der Waals surface area contributed by atoms with Crippen LogP contribution in [-0.4, -0.2) is 93.6 Å². The van der Waals surface area contributed by atoms with Gasteiger partial charge in [0, 0.05) is 44.0 Å². The van der Waals surface area contributed by atoms with E-state index in [-0.39, 0.29) is 38.2 Å². The monoisotopic (exact) mass is 768 g/mol. The van der Waals surface area contributed by atoms with Gasteiger partial charge in [0.2, 0.25) is 0 Å². The molecule has 2 bridgehead atoms. The first-order chi connectivity index (χ1) is 21.0. The fourth-order valence-corrected chi connectivity index (χ4v) is 10.2. The van der Waals surface area contributed by atoms with Gasteiger partial charge in [-0.1, -0.05) is 43.4 Å². The number of fused-ring (bicyclic) bond motifs is 3. The van der Waals surface area contributed by atoms with Gasteiger partial charge < -0.3 is 33.2 Å². The summed E-state index contributed by atoms with van der Waals surface area (Å²) in [5, 5.41) is -0.840. The fourth-order valence-electron chi connectivity index (χ4n) is 8.44. The highest BCUT2D eigenvalue weighted by Crippen LogP contribution is 2.66. The van der Waals surface area contributed by atoms with Gasteiger partial charge in [-0.2, -0.15) is 0 Å². The van der Waals surface area contributed by atoms with E-state index in [0.29, 0.717) is 4.43 Å². The van der Waals surface area contributed by atoms with E-state index < -0.39 is 99.8 Å². The van der Waals surface area contributed by atoms with Crippen LogP contribution in [-0.2, 0) is 57.1 Å². The highest BCUT2D eigenvalue weighted by molar-refractivity contribution is 14.1. The second-order valence-corrected chi connectivity index (χ2v) is 15.0. The van der Waals surface area contributed by atoms with Crippen molar-refractivity contribution in [2.75, 3.05) is 11.0 Å². The van der Waals surface area contributed by atoms with Crippen LogP contribution in [0.2, 0.25) is 0 Å². The molecule has 0 aromatic rings. The van der Waals surface area contributed by atoms with Gasteiger partial charge in [-0.05, 0) is 25.7 Å². The van der Waals surface area contributed by atoms with Gasteiger partial charge in [-0.15, -0.1) is 11.6 Å². The van der Waals surface area contributed by atoms with Crippen molar-refractivity contribution in [3.63, 3.8) is 0 Å². The van der Waals surface area contributed by atoms with Crippen molar-refractivity contribution < 1.29 is 57.1 Å². The number of esters is 5. The highest BCUT2D eigenvalue weighted by atomic mass is 127. The summed E-state index contributed by atoms with van der Waals surface area (Å²) in [5.41, 5.74) is -5.23. The van der Waals surface area contributed by atoms with E-state index >= 15 is 0 Å². The Morgan fingerprint density at radius 3 is 2.13 bits per heavy atom. The number of carbonyl (C=O) groups is 5. The standard InChI is InChI=1S/C31H42ClIO12/c1-14(2)10-22(37)43-21-11-20(41-17(5)35)28(7)19(40-16(4)34)8-9-29(12-33)24(32)26-31(45-29,15(3)27(38)44-26)25(42-18(6)36)23(28)30(21)13-39-30/h14-15,19-21,23-26H,8-13H2,1-7H3/t15-,19-,20-,21+,23+,24+,25-,26-,28-,29+,30+,31+/m1/s1. The molecule has 252 valence electrons. The molecule has 0 aromatic heterocycles. The maximum absolute atomic E-state index is 13.3. The first kappa shape index (κ1) is 34.6. The smallest absolute Gasteiger partial charge is 0.312 e. The van der Waals surface area contributed by atoms with E-state index in [9.17, 15) is 24.0 Å². The molecule has 5 rings (SSSR count). The predicted octanol–water partition coefficient (Wildman–Crippen LogP) is 3.44. The van der Waals surface area contributed by atoms with Crippen molar-refractivity contribution in [2.45, 2.75) is 127 Å². The lowest BCUT2D eigenvalue weighted by atomic mass is 9.52. The quantitative estimate of drug-likeness (QED) is 0.123. The normalized spacial score (nSPS) is 44.9. The number of alkyl halides is 2. The molecular formula is C31H42ClIO12. The van der Waals surface area contributed by atoms with E-state index in [4.69, 9.17) is 44.8 Å². The number of epoxide rings is 1. The number of carbonyl (C=O) groups excluding carboxylic acids is 5. The summed E-state index contributed by atoms with van der Waals surface area (Å²) in [4.78, 5) is 64.9. The van der Waals surface area contributed by atoms with Crippen molar-refractivity contribution >= 4 is 64.0 Å². The van der Waals surface area contributed by atoms with Crippen LogP contribution in [0.15, 0.2) is 0 Å². The van der Waals surface area contributed by atoms with Gasteiger partial charge >= 0.3 is 29.8 Å². The van der Waals surface area contributed by atoms with Gasteiger partial charge in [0.05, 0.1) is 23.5 Å². The molecule has 1 saturated carbocycles. The summed E-state index contributed by atoms with van der Waals surface area (Å²) in [5.74, 6) is -4.80. The zero-order valence-corrected chi connectivity index (χ0v) is 29.5. The van der Waals surface area contributed by atoms with Crippen LogP contribution in [0.3, 0.4) is 0 Å². The molecule has 14 heteroatoms. The second kappa shape index (κ2) is 12.1. The number of hydrogen-bond acceptors (Lipinski definition) is 12. The van der Waals surface area contributed by atoms with E-state index in [1.54, 1.807) is 6.92 Å². The van der Waals surface area contributed by atoms with Gasteiger partial charge in [0.1, 0.15) is 35.4 Å². The van der Waals surface area contributed by atoms with Crippen molar-refractivity contribution in [1.82, 2.24) is 0 Å². The minimum absolute atomic E-state index is 0.00910. The van der Waals surface area contributed by atoms with Gasteiger partial charge in [-0.25, -0.2) is 0 Å². The van der Waals surface area contributed by atoms with Crippen molar-refractivity contribution in [1.29, 1.82) is 0 Å². The van der Waals surface area contributed by atoms with Gasteiger partial charge in [0.15, 0.2) is 11.7 Å². The Morgan fingerprint density at radius 2 is 1.60 bits per heavy atom. The SMILES string of the molecule is CC(=O)O[C@@H]1[C@@H]2[C@]3(CO3)[C@@H](OC(=O)CC(C)C)C[C@@H](OC(C)=O)[C@@]2(C)[C@H](OC(C)=O)CC[C@@]2(CI)O[C@@]13[C@H](C)C(=O)O[C@@H]3[C@@H]2Cl. The second-order valence-electron chi connectivity index (χ2n) is 13.8. The topological polar surface area (TPSA) is 153 Å². The Bertz CT molecular complexity index is 1250. The van der Waals surface area contributed by atoms with Crippen LogP contribution in [0.1, 0.15) is 74.1 Å². The Hall–Kier alpha value is -1.71. The van der Waals surface area contributed by atoms with E-state index in [2.05, 4.69) is 22.6 Å². The van der Waals surface area contributed by atoms with Crippen LogP contribution in [0.5, 0.6) is 0 Å². The Balaban J connectivity index is 1.80. The average Bonchev–Trinajstić information content (AvgIpc) is 3.62. The van der Waals surface area contributed by atoms with E-state index in [1.165, 1.54) is 20.8 Å². The third-order valence-electron chi connectivity index (χ3n) is 10.5. The molecule has 4 saturated heterocycles. The van der Waals surface area contributed by atoms with Gasteiger partial charge in [0.25, 0.3) is 0 Å².